The molecule has 0 aliphatic carbocycles. The topological polar surface area (TPSA) is 88.1 Å². The Kier molecular flexibility index (Phi) is 5.64. The second-order valence-electron chi connectivity index (χ2n) is 9.39. The summed E-state index contributed by atoms with van der Waals surface area (Å²) < 4.78 is 7.38. The number of imidazole rings is 1. The highest BCUT2D eigenvalue weighted by molar-refractivity contribution is 7.14. The van der Waals surface area contributed by atoms with Gasteiger partial charge >= 0.3 is 0 Å². The van der Waals surface area contributed by atoms with Gasteiger partial charge in [0, 0.05) is 23.6 Å². The summed E-state index contributed by atoms with van der Waals surface area (Å²) in [6.45, 7) is 3.00. The average Bonchev–Trinajstić information content (AvgIpc) is 3.75. The molecule has 0 saturated carbocycles. The lowest BCUT2D eigenvalue weighted by Crippen LogP contribution is -2.32. The Bertz CT molecular complexity index is 1610. The van der Waals surface area contributed by atoms with E-state index in [4.69, 9.17) is 9.40 Å². The van der Waals surface area contributed by atoms with E-state index in [9.17, 15) is 0 Å². The third kappa shape index (κ3) is 4.26. The SMILES string of the molecule is c1ccc(-c2nc3scnn3c2-c2ccc(CN3CCC(c4nnc(-c5ccco5)[nH]4)CC3)cc2)cc1. The highest BCUT2D eigenvalue weighted by Crippen LogP contribution is 2.34. The molecule has 4 aromatic heterocycles. The predicted molar refractivity (Wildman–Crippen MR) is 143 cm³/mol. The molecule has 7 rings (SSSR count). The summed E-state index contributed by atoms with van der Waals surface area (Å²) in [7, 11) is 0. The number of furan rings is 1. The number of H-pyrrole nitrogens is 1. The monoisotopic (exact) mass is 507 g/mol. The molecule has 2 aromatic carbocycles. The van der Waals surface area contributed by atoms with Crippen LogP contribution >= 0.6 is 11.3 Å². The maximum atomic E-state index is 5.43. The molecule has 0 atom stereocenters. The van der Waals surface area contributed by atoms with Crippen LogP contribution in [-0.4, -0.2) is 47.8 Å². The summed E-state index contributed by atoms with van der Waals surface area (Å²) in [5.74, 6) is 2.78. The third-order valence-electron chi connectivity index (χ3n) is 7.06. The number of aromatic nitrogens is 6. The second kappa shape index (κ2) is 9.42. The van der Waals surface area contributed by atoms with Crippen LogP contribution in [0.5, 0.6) is 0 Å². The minimum absolute atomic E-state index is 0.397. The van der Waals surface area contributed by atoms with Crippen molar-refractivity contribution in [3.8, 4) is 34.1 Å². The van der Waals surface area contributed by atoms with Gasteiger partial charge in [-0.2, -0.15) is 5.10 Å². The molecule has 1 saturated heterocycles. The summed E-state index contributed by atoms with van der Waals surface area (Å²) in [6.07, 6.45) is 3.77. The van der Waals surface area contributed by atoms with Gasteiger partial charge in [-0.25, -0.2) is 9.50 Å². The third-order valence-corrected chi connectivity index (χ3v) is 7.73. The molecule has 0 bridgehead atoms. The first-order valence-electron chi connectivity index (χ1n) is 12.5. The van der Waals surface area contributed by atoms with Crippen LogP contribution in [0.15, 0.2) is 82.9 Å². The van der Waals surface area contributed by atoms with Gasteiger partial charge in [-0.15, -0.1) is 10.2 Å². The van der Waals surface area contributed by atoms with Crippen molar-refractivity contribution in [1.29, 1.82) is 0 Å². The fourth-order valence-electron chi connectivity index (χ4n) is 5.12. The second-order valence-corrected chi connectivity index (χ2v) is 10.2. The van der Waals surface area contributed by atoms with Gasteiger partial charge in [0.25, 0.3) is 0 Å². The number of hydrogen-bond donors (Lipinski definition) is 1. The van der Waals surface area contributed by atoms with Crippen molar-refractivity contribution in [2.24, 2.45) is 0 Å². The number of fused-ring (bicyclic) bond motifs is 1. The number of hydrogen-bond acceptors (Lipinski definition) is 7. The molecule has 0 radical (unpaired) electrons. The molecular formula is C28H25N7OS. The normalized spacial score (nSPS) is 15.0. The zero-order valence-corrected chi connectivity index (χ0v) is 20.9. The highest BCUT2D eigenvalue weighted by Gasteiger charge is 2.24. The minimum Gasteiger partial charge on any atom is -0.461 e. The Morgan fingerprint density at radius 2 is 1.76 bits per heavy atom. The summed E-state index contributed by atoms with van der Waals surface area (Å²) in [5, 5.41) is 13.2. The molecule has 0 amide bonds. The van der Waals surface area contributed by atoms with Crippen molar-refractivity contribution in [1.82, 2.24) is 34.7 Å². The van der Waals surface area contributed by atoms with E-state index in [1.807, 2.05) is 40.4 Å². The number of nitrogens with one attached hydrogen (secondary N) is 1. The molecule has 0 unspecified atom stereocenters. The van der Waals surface area contributed by atoms with E-state index in [1.54, 1.807) is 17.6 Å². The zero-order valence-electron chi connectivity index (χ0n) is 20.1. The van der Waals surface area contributed by atoms with E-state index >= 15 is 0 Å². The maximum Gasteiger partial charge on any atom is 0.213 e. The van der Waals surface area contributed by atoms with E-state index in [-0.39, 0.29) is 0 Å². The molecule has 0 spiro atoms. The first kappa shape index (κ1) is 22.1. The fraction of sp³-hybridized carbons (Fsp3) is 0.214. The van der Waals surface area contributed by atoms with Crippen molar-refractivity contribution < 1.29 is 4.42 Å². The van der Waals surface area contributed by atoms with Gasteiger partial charge in [0.15, 0.2) is 11.6 Å². The lowest BCUT2D eigenvalue weighted by Gasteiger charge is -2.30. The molecule has 1 aliphatic heterocycles. The Labute approximate surface area is 217 Å². The molecular weight excluding hydrogens is 482 g/mol. The predicted octanol–water partition coefficient (Wildman–Crippen LogP) is 5.88. The van der Waals surface area contributed by atoms with Crippen LogP contribution in [0.3, 0.4) is 0 Å². The van der Waals surface area contributed by atoms with Crippen LogP contribution in [0.25, 0.3) is 39.1 Å². The van der Waals surface area contributed by atoms with Crippen LogP contribution in [0.1, 0.15) is 30.1 Å². The molecule has 6 aromatic rings. The van der Waals surface area contributed by atoms with Gasteiger partial charge in [0.2, 0.25) is 4.96 Å². The molecule has 9 heteroatoms. The Morgan fingerprint density at radius 1 is 0.919 bits per heavy atom. The number of likely N-dealkylation sites (tertiary alicyclic amines) is 1. The number of aromatic amines is 1. The standard InChI is InChI=1S/C28H25N7OS/c1-2-5-20(6-3-1)24-25(35-28(30-24)37-18-29-35)21-10-8-19(9-11-21)17-34-14-12-22(13-15-34)26-31-27(33-32-26)23-7-4-16-36-23/h1-11,16,18,22H,12-15,17H2,(H,31,32,33). The lowest BCUT2D eigenvalue weighted by atomic mass is 9.95. The van der Waals surface area contributed by atoms with Gasteiger partial charge < -0.3 is 9.40 Å². The van der Waals surface area contributed by atoms with Crippen molar-refractivity contribution in [2.45, 2.75) is 25.3 Å². The lowest BCUT2D eigenvalue weighted by molar-refractivity contribution is 0.202. The first-order valence-corrected chi connectivity index (χ1v) is 13.4. The quantitative estimate of drug-likeness (QED) is 0.303. The Balaban J connectivity index is 1.04. The molecule has 37 heavy (non-hydrogen) atoms. The van der Waals surface area contributed by atoms with Crippen LogP contribution in [0, 0.1) is 0 Å². The molecule has 5 heterocycles. The first-order chi connectivity index (χ1) is 18.3. The summed E-state index contributed by atoms with van der Waals surface area (Å²) in [5.41, 5.74) is 7.38. The Hall–Kier alpha value is -4.08. The van der Waals surface area contributed by atoms with E-state index < -0.39 is 0 Å². The van der Waals surface area contributed by atoms with Gasteiger partial charge in [-0.1, -0.05) is 65.9 Å². The molecule has 1 N–H and O–H groups in total. The largest absolute Gasteiger partial charge is 0.461 e. The van der Waals surface area contributed by atoms with Gasteiger partial charge in [-0.05, 0) is 43.6 Å². The number of rotatable bonds is 6. The maximum absolute atomic E-state index is 5.43. The molecule has 8 nitrogen and oxygen atoms in total. The van der Waals surface area contributed by atoms with Gasteiger partial charge in [0.05, 0.1) is 6.26 Å². The summed E-state index contributed by atoms with van der Waals surface area (Å²) in [4.78, 5) is 11.6. The highest BCUT2D eigenvalue weighted by atomic mass is 32.1. The van der Waals surface area contributed by atoms with Crippen molar-refractivity contribution in [3.63, 3.8) is 0 Å². The molecule has 184 valence electrons. The zero-order chi connectivity index (χ0) is 24.6. The fourth-order valence-corrected chi connectivity index (χ4v) is 5.74. The van der Waals surface area contributed by atoms with Crippen LogP contribution in [-0.2, 0) is 6.54 Å². The van der Waals surface area contributed by atoms with E-state index in [2.05, 4.69) is 61.6 Å². The molecule has 1 aliphatic rings. The van der Waals surface area contributed by atoms with Crippen molar-refractivity contribution >= 4 is 16.3 Å². The number of piperidine rings is 1. The smallest absolute Gasteiger partial charge is 0.213 e. The average molecular weight is 508 g/mol. The number of nitrogens with zero attached hydrogens (tertiary/aromatic N) is 6. The Morgan fingerprint density at radius 3 is 2.54 bits per heavy atom. The minimum atomic E-state index is 0.397. The number of benzene rings is 2. The summed E-state index contributed by atoms with van der Waals surface area (Å²) >= 11 is 1.56. The van der Waals surface area contributed by atoms with Gasteiger partial charge in [-0.3, -0.25) is 4.90 Å². The van der Waals surface area contributed by atoms with E-state index in [0.29, 0.717) is 11.7 Å². The molecule has 1 fully saturated rings. The van der Waals surface area contributed by atoms with E-state index in [1.165, 1.54) is 5.56 Å². The van der Waals surface area contributed by atoms with Crippen molar-refractivity contribution in [2.75, 3.05) is 13.1 Å². The van der Waals surface area contributed by atoms with E-state index in [0.717, 1.165) is 71.5 Å². The van der Waals surface area contributed by atoms with Crippen molar-refractivity contribution in [3.05, 3.63) is 89.9 Å². The van der Waals surface area contributed by atoms with Crippen LogP contribution in [0.2, 0.25) is 0 Å². The van der Waals surface area contributed by atoms with Crippen LogP contribution < -0.4 is 0 Å². The van der Waals surface area contributed by atoms with Crippen LogP contribution in [0.4, 0.5) is 0 Å². The van der Waals surface area contributed by atoms with Gasteiger partial charge in [0.1, 0.15) is 22.7 Å². The summed E-state index contributed by atoms with van der Waals surface area (Å²) in [6, 6.07) is 22.9.